The van der Waals surface area contributed by atoms with Crippen molar-refractivity contribution >= 4 is 28.1 Å². The van der Waals surface area contributed by atoms with Crippen LogP contribution in [0.15, 0.2) is 78.1 Å². The number of nitrogen functional groups attached to an aromatic ring is 1. The van der Waals surface area contributed by atoms with Crippen LogP contribution in [0.3, 0.4) is 0 Å². The Morgan fingerprint density at radius 3 is 2.46 bits per heavy atom. The highest BCUT2D eigenvalue weighted by atomic mass is 16.1. The SMILES string of the molecule is CCc1nc2cccc(C#Cc3cnn(C)c3C)c2c(=O)n1-c1ccccc1.NC(=O)c1c(N)nn2ccncc12. The van der Waals surface area contributed by atoms with E-state index in [1.54, 1.807) is 27.8 Å². The van der Waals surface area contributed by atoms with Crippen molar-refractivity contribution in [2.75, 3.05) is 5.73 Å². The van der Waals surface area contributed by atoms with Gasteiger partial charge in [0.1, 0.15) is 11.4 Å². The summed E-state index contributed by atoms with van der Waals surface area (Å²) in [5, 5.41) is 8.65. The summed E-state index contributed by atoms with van der Waals surface area (Å²) in [5.41, 5.74) is 15.2. The van der Waals surface area contributed by atoms with E-state index in [9.17, 15) is 9.59 Å². The van der Waals surface area contributed by atoms with Gasteiger partial charge in [-0.15, -0.1) is 5.10 Å². The van der Waals surface area contributed by atoms with Crippen LogP contribution in [0.2, 0.25) is 0 Å². The molecule has 0 radical (unpaired) electrons. The van der Waals surface area contributed by atoms with Crippen molar-refractivity contribution in [2.24, 2.45) is 12.8 Å². The molecule has 0 saturated heterocycles. The smallest absolute Gasteiger partial charge is 0.267 e. The van der Waals surface area contributed by atoms with Crippen molar-refractivity contribution in [3.05, 3.63) is 112 Å². The number of nitrogens with two attached hydrogens (primary N) is 2. The van der Waals surface area contributed by atoms with Gasteiger partial charge in [0.05, 0.1) is 45.8 Å². The van der Waals surface area contributed by atoms with Gasteiger partial charge in [0.25, 0.3) is 11.5 Å². The van der Waals surface area contributed by atoms with Crippen molar-refractivity contribution in [3.63, 3.8) is 0 Å². The van der Waals surface area contributed by atoms with Crippen LogP contribution >= 0.6 is 0 Å². The molecule has 2 aromatic carbocycles. The molecule has 6 aromatic rings. The van der Waals surface area contributed by atoms with Crippen molar-refractivity contribution in [1.29, 1.82) is 0 Å². The number of primary amides is 1. The lowest BCUT2D eigenvalue weighted by Crippen LogP contribution is -2.24. The molecule has 0 spiro atoms. The minimum atomic E-state index is -0.597. The highest BCUT2D eigenvalue weighted by Crippen LogP contribution is 2.17. The molecule has 4 N–H and O–H groups in total. The Morgan fingerprint density at radius 2 is 1.78 bits per heavy atom. The third kappa shape index (κ3) is 5.14. The Hall–Kier alpha value is -5.76. The van der Waals surface area contributed by atoms with Crippen LogP contribution in [0.1, 0.15) is 39.9 Å². The third-order valence-corrected chi connectivity index (χ3v) is 6.58. The first-order valence-corrected chi connectivity index (χ1v) is 12.8. The molecule has 1 amide bonds. The van der Waals surface area contributed by atoms with Gasteiger partial charge in [-0.2, -0.15) is 5.10 Å². The van der Waals surface area contributed by atoms with Gasteiger partial charge < -0.3 is 11.5 Å². The van der Waals surface area contributed by atoms with Crippen molar-refractivity contribution < 1.29 is 4.79 Å². The molecule has 0 fully saturated rings. The Labute approximate surface area is 235 Å². The lowest BCUT2D eigenvalue weighted by Gasteiger charge is -2.13. The van der Waals surface area contributed by atoms with E-state index in [1.807, 2.05) is 69.4 Å². The Balaban J connectivity index is 0.000000216. The fraction of sp³-hybridized carbons (Fsp3) is 0.133. The molecule has 0 unspecified atom stereocenters. The van der Waals surface area contributed by atoms with Gasteiger partial charge >= 0.3 is 0 Å². The van der Waals surface area contributed by atoms with Crippen LogP contribution in [-0.4, -0.2) is 39.8 Å². The predicted octanol–water partition coefficient (Wildman–Crippen LogP) is 2.80. The number of aromatic nitrogens is 7. The maximum absolute atomic E-state index is 13.5. The van der Waals surface area contributed by atoms with Crippen molar-refractivity contribution in [3.8, 4) is 17.5 Å². The van der Waals surface area contributed by atoms with E-state index in [4.69, 9.17) is 16.5 Å². The normalized spacial score (nSPS) is 10.6. The number of nitrogens with zero attached hydrogens (tertiary/aromatic N) is 7. The zero-order chi connectivity index (χ0) is 29.1. The lowest BCUT2D eigenvalue weighted by atomic mass is 10.1. The van der Waals surface area contributed by atoms with E-state index >= 15 is 0 Å². The molecule has 4 aromatic heterocycles. The fourth-order valence-corrected chi connectivity index (χ4v) is 4.39. The van der Waals surface area contributed by atoms with Gasteiger partial charge in [-0.3, -0.25) is 23.8 Å². The molecule has 11 heteroatoms. The second-order valence-electron chi connectivity index (χ2n) is 9.11. The number of carbonyl (C=O) groups excluding carboxylic acids is 1. The number of rotatable bonds is 3. The number of para-hydroxylation sites is 1. The quantitative estimate of drug-likeness (QED) is 0.324. The summed E-state index contributed by atoms with van der Waals surface area (Å²) in [4.78, 5) is 33.0. The van der Waals surface area contributed by atoms with Crippen LogP contribution in [-0.2, 0) is 13.5 Å². The van der Waals surface area contributed by atoms with Gasteiger partial charge in [0.15, 0.2) is 5.82 Å². The van der Waals surface area contributed by atoms with Crippen LogP contribution in [0.5, 0.6) is 0 Å². The monoisotopic (exact) mass is 545 g/mol. The Bertz CT molecular complexity index is 2030. The molecule has 4 heterocycles. The first-order valence-electron chi connectivity index (χ1n) is 12.8. The summed E-state index contributed by atoms with van der Waals surface area (Å²) in [7, 11) is 1.88. The zero-order valence-electron chi connectivity index (χ0n) is 22.7. The number of benzene rings is 2. The van der Waals surface area contributed by atoms with Gasteiger partial charge in [-0.25, -0.2) is 9.50 Å². The standard InChI is InChI=1S/C23H20N4O.C7H7N5O/c1-4-21-25-20-12-8-9-17(13-14-18-15-24-26(3)16(18)2)22(20)23(28)27(21)19-10-6-5-7-11-19;8-6-5(7(9)13)4-3-10-1-2-12(4)11-6/h5-12,15H,4H2,1-3H3;1-3H,(H2,8,11)(H2,9,13). The number of aryl methyl sites for hydroxylation is 2. The van der Waals surface area contributed by atoms with Gasteiger partial charge in [0.2, 0.25) is 0 Å². The summed E-state index contributed by atoms with van der Waals surface area (Å²) >= 11 is 0. The molecule has 204 valence electrons. The second-order valence-corrected chi connectivity index (χ2v) is 9.11. The topological polar surface area (TPSA) is 152 Å². The lowest BCUT2D eigenvalue weighted by molar-refractivity contribution is 0.100. The zero-order valence-corrected chi connectivity index (χ0v) is 22.7. The van der Waals surface area contributed by atoms with E-state index in [0.717, 1.165) is 22.8 Å². The summed E-state index contributed by atoms with van der Waals surface area (Å²) in [6.45, 7) is 3.97. The Kier molecular flexibility index (Phi) is 7.30. The minimum absolute atomic E-state index is 0.0964. The van der Waals surface area contributed by atoms with E-state index < -0.39 is 5.91 Å². The number of anilines is 1. The molecular formula is C30H27N9O2. The average Bonchev–Trinajstić information content (AvgIpc) is 3.49. The predicted molar refractivity (Wildman–Crippen MR) is 157 cm³/mol. The number of amides is 1. The molecular weight excluding hydrogens is 518 g/mol. The highest BCUT2D eigenvalue weighted by molar-refractivity contribution is 6.03. The number of carbonyl (C=O) groups is 1. The summed E-state index contributed by atoms with van der Waals surface area (Å²) in [6.07, 6.45) is 7.03. The van der Waals surface area contributed by atoms with E-state index in [-0.39, 0.29) is 16.9 Å². The molecule has 41 heavy (non-hydrogen) atoms. The minimum Gasteiger partial charge on any atom is -0.382 e. The highest BCUT2D eigenvalue weighted by Gasteiger charge is 2.15. The average molecular weight is 546 g/mol. The van der Waals surface area contributed by atoms with Crippen molar-refractivity contribution in [2.45, 2.75) is 20.3 Å². The third-order valence-electron chi connectivity index (χ3n) is 6.58. The molecule has 6 rings (SSSR count). The van der Waals surface area contributed by atoms with Crippen LogP contribution in [0.4, 0.5) is 5.82 Å². The molecule has 0 aliphatic carbocycles. The largest absolute Gasteiger partial charge is 0.382 e. The molecule has 0 aliphatic heterocycles. The summed E-state index contributed by atoms with van der Waals surface area (Å²) in [5.74, 6) is 6.57. The molecule has 11 nitrogen and oxygen atoms in total. The van der Waals surface area contributed by atoms with Gasteiger partial charge in [-0.1, -0.05) is 43.0 Å². The van der Waals surface area contributed by atoms with E-state index in [2.05, 4.69) is 27.0 Å². The first kappa shape index (κ1) is 26.8. The molecule has 0 saturated carbocycles. The summed E-state index contributed by atoms with van der Waals surface area (Å²) < 4.78 is 4.93. The fourth-order valence-electron chi connectivity index (χ4n) is 4.39. The van der Waals surface area contributed by atoms with Gasteiger partial charge in [-0.05, 0) is 31.2 Å². The Morgan fingerprint density at radius 1 is 1.02 bits per heavy atom. The van der Waals surface area contributed by atoms with E-state index in [0.29, 0.717) is 28.4 Å². The summed E-state index contributed by atoms with van der Waals surface area (Å²) in [6, 6.07) is 15.2. The molecule has 0 bridgehead atoms. The van der Waals surface area contributed by atoms with Crippen LogP contribution in [0, 0.1) is 18.8 Å². The molecule has 0 aliphatic rings. The number of hydrogen-bond acceptors (Lipinski definition) is 7. The number of fused-ring (bicyclic) bond motifs is 2. The van der Waals surface area contributed by atoms with E-state index in [1.165, 1.54) is 10.7 Å². The first-order chi connectivity index (χ1) is 19.8. The maximum atomic E-state index is 13.5. The van der Waals surface area contributed by atoms with Crippen LogP contribution in [0.25, 0.3) is 22.1 Å². The number of hydrogen-bond donors (Lipinski definition) is 2. The molecule has 0 atom stereocenters. The van der Waals surface area contributed by atoms with Crippen molar-refractivity contribution in [1.82, 2.24) is 33.9 Å². The van der Waals surface area contributed by atoms with Gasteiger partial charge in [0, 0.05) is 31.4 Å². The van der Waals surface area contributed by atoms with Crippen LogP contribution < -0.4 is 17.0 Å². The maximum Gasteiger partial charge on any atom is 0.267 e. The second kappa shape index (κ2) is 11.2.